The van der Waals surface area contributed by atoms with Crippen LogP contribution in [0.1, 0.15) is 16.1 Å². The fourth-order valence-electron chi connectivity index (χ4n) is 2.12. The molecule has 0 saturated heterocycles. The van der Waals surface area contributed by atoms with E-state index in [0.29, 0.717) is 17.0 Å². The molecular formula is C16H15N3O2S. The summed E-state index contributed by atoms with van der Waals surface area (Å²) >= 11 is 1.58. The highest BCUT2D eigenvalue weighted by Crippen LogP contribution is 2.32. The number of thiophene rings is 1. The van der Waals surface area contributed by atoms with E-state index in [1.807, 2.05) is 24.4 Å². The molecule has 112 valence electrons. The van der Waals surface area contributed by atoms with Gasteiger partial charge in [-0.3, -0.25) is 9.89 Å². The molecule has 0 saturated carbocycles. The van der Waals surface area contributed by atoms with Gasteiger partial charge in [-0.25, -0.2) is 0 Å². The van der Waals surface area contributed by atoms with Crippen LogP contribution in [0.15, 0.2) is 41.8 Å². The zero-order chi connectivity index (χ0) is 15.5. The molecule has 3 rings (SSSR count). The minimum atomic E-state index is -0.193. The van der Waals surface area contributed by atoms with E-state index in [0.717, 1.165) is 16.3 Å². The van der Waals surface area contributed by atoms with Crippen molar-refractivity contribution < 1.29 is 9.53 Å². The number of carbonyl (C=O) groups excluding carboxylic acids is 1. The Bertz CT molecular complexity index is 794. The number of H-pyrrole nitrogens is 1. The smallest absolute Gasteiger partial charge is 0.255 e. The minimum absolute atomic E-state index is 0.193. The lowest BCUT2D eigenvalue weighted by Gasteiger charge is -2.07. The monoisotopic (exact) mass is 313 g/mol. The van der Waals surface area contributed by atoms with Gasteiger partial charge in [0, 0.05) is 5.56 Å². The summed E-state index contributed by atoms with van der Waals surface area (Å²) < 4.78 is 5.15. The van der Waals surface area contributed by atoms with Crippen LogP contribution in [0, 0.1) is 6.92 Å². The highest BCUT2D eigenvalue weighted by Gasteiger charge is 2.16. The van der Waals surface area contributed by atoms with Gasteiger partial charge in [-0.15, -0.1) is 11.3 Å². The third-order valence-electron chi connectivity index (χ3n) is 3.27. The van der Waals surface area contributed by atoms with Crippen LogP contribution in [0.4, 0.5) is 5.69 Å². The summed E-state index contributed by atoms with van der Waals surface area (Å²) in [4.78, 5) is 13.5. The van der Waals surface area contributed by atoms with E-state index < -0.39 is 0 Å². The normalized spacial score (nSPS) is 10.5. The number of carbonyl (C=O) groups is 1. The number of benzene rings is 1. The number of aryl methyl sites for hydroxylation is 1. The maximum atomic E-state index is 12.4. The quantitative estimate of drug-likeness (QED) is 0.771. The van der Waals surface area contributed by atoms with Gasteiger partial charge in [0.25, 0.3) is 5.91 Å². The number of ether oxygens (including phenoxy) is 1. The van der Waals surface area contributed by atoms with Gasteiger partial charge in [0.05, 0.1) is 23.4 Å². The van der Waals surface area contributed by atoms with Gasteiger partial charge >= 0.3 is 0 Å². The van der Waals surface area contributed by atoms with E-state index in [4.69, 9.17) is 4.74 Å². The molecule has 0 aliphatic heterocycles. The van der Waals surface area contributed by atoms with Gasteiger partial charge < -0.3 is 10.1 Å². The third kappa shape index (κ3) is 2.73. The molecule has 0 radical (unpaired) electrons. The second-order valence-electron chi connectivity index (χ2n) is 4.74. The van der Waals surface area contributed by atoms with Crippen molar-refractivity contribution >= 4 is 22.9 Å². The molecule has 2 N–H and O–H groups in total. The summed E-state index contributed by atoms with van der Waals surface area (Å²) in [5.41, 5.74) is 2.82. The Morgan fingerprint density at radius 2 is 2.18 bits per heavy atom. The van der Waals surface area contributed by atoms with Crippen molar-refractivity contribution in [3.05, 3.63) is 53.0 Å². The number of rotatable bonds is 4. The van der Waals surface area contributed by atoms with Gasteiger partial charge in [0.2, 0.25) is 0 Å². The van der Waals surface area contributed by atoms with E-state index in [-0.39, 0.29) is 5.91 Å². The largest absolute Gasteiger partial charge is 0.497 e. The molecule has 2 heterocycles. The SMILES string of the molecule is COc1cccc(C(=O)Nc2c(-c3cccs3)n[nH]c2C)c1. The number of aromatic amines is 1. The molecule has 0 aliphatic rings. The summed E-state index contributed by atoms with van der Waals surface area (Å²) in [5.74, 6) is 0.455. The Labute approximate surface area is 132 Å². The lowest BCUT2D eigenvalue weighted by molar-refractivity contribution is 0.102. The lowest BCUT2D eigenvalue weighted by Crippen LogP contribution is -2.12. The highest BCUT2D eigenvalue weighted by molar-refractivity contribution is 7.13. The molecular weight excluding hydrogens is 298 g/mol. The average Bonchev–Trinajstić information content (AvgIpc) is 3.18. The van der Waals surface area contributed by atoms with Gasteiger partial charge in [0.1, 0.15) is 11.4 Å². The summed E-state index contributed by atoms with van der Waals surface area (Å²) in [7, 11) is 1.58. The maximum Gasteiger partial charge on any atom is 0.255 e. The number of anilines is 1. The first-order chi connectivity index (χ1) is 10.7. The number of aromatic nitrogens is 2. The van der Waals surface area contributed by atoms with Crippen molar-refractivity contribution in [1.82, 2.24) is 10.2 Å². The first kappa shape index (κ1) is 14.3. The van der Waals surface area contributed by atoms with Crippen LogP contribution in [-0.2, 0) is 0 Å². The lowest BCUT2D eigenvalue weighted by atomic mass is 10.2. The highest BCUT2D eigenvalue weighted by atomic mass is 32.1. The fraction of sp³-hybridized carbons (Fsp3) is 0.125. The van der Waals surface area contributed by atoms with Crippen LogP contribution in [0.3, 0.4) is 0 Å². The van der Waals surface area contributed by atoms with Crippen molar-refractivity contribution in [2.24, 2.45) is 0 Å². The Balaban J connectivity index is 1.90. The third-order valence-corrected chi connectivity index (χ3v) is 4.15. The number of nitrogens with one attached hydrogen (secondary N) is 2. The Kier molecular flexibility index (Phi) is 3.93. The average molecular weight is 313 g/mol. The number of amides is 1. The number of nitrogens with zero attached hydrogens (tertiary/aromatic N) is 1. The minimum Gasteiger partial charge on any atom is -0.497 e. The molecule has 1 amide bonds. The van der Waals surface area contributed by atoms with E-state index in [1.165, 1.54) is 0 Å². The van der Waals surface area contributed by atoms with Crippen LogP contribution < -0.4 is 10.1 Å². The molecule has 0 fully saturated rings. The van der Waals surface area contributed by atoms with Crippen LogP contribution in [0.2, 0.25) is 0 Å². The molecule has 6 heteroatoms. The molecule has 0 atom stereocenters. The number of hydrogen-bond acceptors (Lipinski definition) is 4. The summed E-state index contributed by atoms with van der Waals surface area (Å²) in [6.07, 6.45) is 0. The van der Waals surface area contributed by atoms with Crippen molar-refractivity contribution in [2.75, 3.05) is 12.4 Å². The number of methoxy groups -OCH3 is 1. The zero-order valence-corrected chi connectivity index (χ0v) is 13.0. The molecule has 0 aliphatic carbocycles. The van der Waals surface area contributed by atoms with Gasteiger partial charge in [-0.05, 0) is 36.6 Å². The maximum absolute atomic E-state index is 12.4. The molecule has 3 aromatic rings. The predicted octanol–water partition coefficient (Wildman–Crippen LogP) is 3.71. The van der Waals surface area contributed by atoms with Crippen LogP contribution in [0.25, 0.3) is 10.6 Å². The van der Waals surface area contributed by atoms with Gasteiger partial charge in [0.15, 0.2) is 0 Å². The summed E-state index contributed by atoms with van der Waals surface area (Å²) in [6.45, 7) is 1.88. The summed E-state index contributed by atoms with van der Waals surface area (Å²) in [5, 5.41) is 12.1. The molecule has 0 unspecified atom stereocenters. The second kappa shape index (κ2) is 6.03. The van der Waals surface area contributed by atoms with Crippen LogP contribution in [0.5, 0.6) is 5.75 Å². The predicted molar refractivity (Wildman–Crippen MR) is 87.6 cm³/mol. The molecule has 0 bridgehead atoms. The molecule has 5 nitrogen and oxygen atoms in total. The standard InChI is InChI=1S/C16H15N3O2S/c1-10-14(15(19-18-10)13-7-4-8-22-13)17-16(20)11-5-3-6-12(9-11)21-2/h3-9H,1-2H3,(H,17,20)(H,18,19). The van der Waals surface area contributed by atoms with E-state index in [9.17, 15) is 4.79 Å². The van der Waals surface area contributed by atoms with Crippen molar-refractivity contribution in [2.45, 2.75) is 6.92 Å². The fourth-order valence-corrected chi connectivity index (χ4v) is 2.84. The first-order valence-electron chi connectivity index (χ1n) is 6.73. The van der Waals surface area contributed by atoms with Gasteiger partial charge in [-0.1, -0.05) is 12.1 Å². The Hall–Kier alpha value is -2.60. The van der Waals surface area contributed by atoms with Crippen LogP contribution >= 0.6 is 11.3 Å². The second-order valence-corrected chi connectivity index (χ2v) is 5.68. The van der Waals surface area contributed by atoms with Crippen molar-refractivity contribution in [3.63, 3.8) is 0 Å². The topological polar surface area (TPSA) is 67.0 Å². The van der Waals surface area contributed by atoms with Crippen molar-refractivity contribution in [1.29, 1.82) is 0 Å². The van der Waals surface area contributed by atoms with E-state index in [1.54, 1.807) is 42.7 Å². The summed E-state index contributed by atoms with van der Waals surface area (Å²) in [6, 6.07) is 11.0. The molecule has 0 spiro atoms. The Morgan fingerprint density at radius 1 is 1.32 bits per heavy atom. The molecule has 2 aromatic heterocycles. The van der Waals surface area contributed by atoms with E-state index >= 15 is 0 Å². The van der Waals surface area contributed by atoms with Gasteiger partial charge in [-0.2, -0.15) is 5.10 Å². The van der Waals surface area contributed by atoms with Crippen molar-refractivity contribution in [3.8, 4) is 16.3 Å². The molecule has 22 heavy (non-hydrogen) atoms. The molecule has 1 aromatic carbocycles. The van der Waals surface area contributed by atoms with Crippen LogP contribution in [-0.4, -0.2) is 23.2 Å². The first-order valence-corrected chi connectivity index (χ1v) is 7.61. The Morgan fingerprint density at radius 3 is 2.91 bits per heavy atom. The zero-order valence-electron chi connectivity index (χ0n) is 12.2. The van der Waals surface area contributed by atoms with E-state index in [2.05, 4.69) is 15.5 Å². The number of hydrogen-bond donors (Lipinski definition) is 2.